The van der Waals surface area contributed by atoms with Gasteiger partial charge in [-0.3, -0.25) is 39.4 Å². The van der Waals surface area contributed by atoms with Crippen molar-refractivity contribution >= 4 is 68.9 Å². The molecule has 1 aliphatic heterocycles. The Bertz CT molecular complexity index is 2810. The largest absolute Gasteiger partial charge is 0.494 e. The number of imidazole rings is 2. The number of piperazine rings is 1. The van der Waals surface area contributed by atoms with Crippen LogP contribution in [0.25, 0.3) is 22.1 Å². The fourth-order valence-corrected chi connectivity index (χ4v) is 9.26. The van der Waals surface area contributed by atoms with Crippen LogP contribution in [0.2, 0.25) is 0 Å². The standard InChI is InChI=1S/C45H55N13O6S/c1-6-31-39(65-27(4)48-31)43(62)52-45-49-32-22-28(40(46)59)24-35(63-5)37(32)56(45)14-8-9-15-57-38-33(50-44(57)51-42(61)34-21-26(3)53-58(34)7-2)23-29(41(47)60)25-36(38)64-20-10-13-54-16-18-55(19-17-54)30-11-12-30/h8-9,21-25,30H,6-7,10-20H2,1-5H3,(H2,46,59)(H2,47,60)(H,49,52,62)(H,50,51,61)/b9-8+. The number of allylic oxidation sites excluding steroid dienone is 2. The Morgan fingerprint density at radius 1 is 0.815 bits per heavy atom. The molecule has 1 saturated carbocycles. The summed E-state index contributed by atoms with van der Waals surface area (Å²) in [5, 5.41) is 11.2. The lowest BCUT2D eigenvalue weighted by Gasteiger charge is -2.34. The molecule has 65 heavy (non-hydrogen) atoms. The number of benzene rings is 2. The number of nitrogens with one attached hydrogen (secondary N) is 2. The Balaban J connectivity index is 1.12. The van der Waals surface area contributed by atoms with Gasteiger partial charge in [0.1, 0.15) is 33.1 Å². The molecule has 6 aromatic rings. The Hall–Kier alpha value is -6.64. The lowest BCUT2D eigenvalue weighted by molar-refractivity contribution is 0.0991. The summed E-state index contributed by atoms with van der Waals surface area (Å²) in [5.41, 5.74) is 15.5. The van der Waals surface area contributed by atoms with E-state index in [9.17, 15) is 19.2 Å². The molecule has 0 atom stereocenters. The van der Waals surface area contributed by atoms with E-state index in [2.05, 4.69) is 30.5 Å². The maximum Gasteiger partial charge on any atom is 0.276 e. The van der Waals surface area contributed by atoms with E-state index in [1.807, 2.05) is 44.4 Å². The van der Waals surface area contributed by atoms with E-state index in [0.29, 0.717) is 75.1 Å². The highest BCUT2D eigenvalue weighted by Crippen LogP contribution is 2.34. The molecule has 6 N–H and O–H groups in total. The van der Waals surface area contributed by atoms with Crippen LogP contribution < -0.4 is 31.6 Å². The van der Waals surface area contributed by atoms with E-state index in [-0.39, 0.29) is 42.0 Å². The van der Waals surface area contributed by atoms with Gasteiger partial charge in [-0.25, -0.2) is 15.0 Å². The first kappa shape index (κ1) is 44.9. The van der Waals surface area contributed by atoms with Gasteiger partial charge >= 0.3 is 0 Å². The van der Waals surface area contributed by atoms with Crippen LogP contribution in [0.5, 0.6) is 11.5 Å². The summed E-state index contributed by atoms with van der Waals surface area (Å²) < 4.78 is 17.4. The number of nitrogens with zero attached hydrogens (tertiary/aromatic N) is 9. The van der Waals surface area contributed by atoms with E-state index in [4.69, 9.17) is 30.9 Å². The highest BCUT2D eigenvalue weighted by Gasteiger charge is 2.31. The zero-order chi connectivity index (χ0) is 45.9. The highest BCUT2D eigenvalue weighted by atomic mass is 32.1. The monoisotopic (exact) mass is 905 g/mol. The predicted octanol–water partition coefficient (Wildman–Crippen LogP) is 4.75. The molecule has 1 saturated heterocycles. The van der Waals surface area contributed by atoms with Crippen LogP contribution in [0.15, 0.2) is 42.5 Å². The predicted molar refractivity (Wildman–Crippen MR) is 248 cm³/mol. The summed E-state index contributed by atoms with van der Waals surface area (Å²) in [7, 11) is 1.48. The molecule has 19 nitrogen and oxygen atoms in total. The molecule has 4 amide bonds. The van der Waals surface area contributed by atoms with Crippen molar-refractivity contribution in [3.05, 3.63) is 80.6 Å². The summed E-state index contributed by atoms with van der Waals surface area (Å²) in [5.74, 6) is -0.922. The number of nitrogens with two attached hydrogens (primary N) is 2. The van der Waals surface area contributed by atoms with Crippen LogP contribution >= 0.6 is 11.3 Å². The summed E-state index contributed by atoms with van der Waals surface area (Å²) in [6, 6.07) is 8.78. The lowest BCUT2D eigenvalue weighted by Crippen LogP contribution is -2.47. The van der Waals surface area contributed by atoms with Crippen molar-refractivity contribution in [2.24, 2.45) is 11.5 Å². The van der Waals surface area contributed by atoms with Crippen molar-refractivity contribution < 1.29 is 28.7 Å². The molecule has 0 radical (unpaired) electrons. The summed E-state index contributed by atoms with van der Waals surface area (Å²) in [6.45, 7) is 13.8. The van der Waals surface area contributed by atoms with Gasteiger partial charge in [0.15, 0.2) is 0 Å². The number of amides is 4. The van der Waals surface area contributed by atoms with Crippen molar-refractivity contribution in [1.29, 1.82) is 0 Å². The number of carbonyl (C=O) groups excluding carboxylic acids is 4. The van der Waals surface area contributed by atoms with E-state index >= 15 is 0 Å². The Labute approximate surface area is 379 Å². The molecule has 5 heterocycles. The number of methoxy groups -OCH3 is 1. The number of ether oxygens (including phenoxy) is 2. The number of anilines is 2. The number of primary amides is 2. The van der Waals surface area contributed by atoms with Gasteiger partial charge in [0.2, 0.25) is 23.7 Å². The van der Waals surface area contributed by atoms with Crippen LogP contribution in [-0.4, -0.2) is 120 Å². The minimum absolute atomic E-state index is 0.188. The highest BCUT2D eigenvalue weighted by molar-refractivity contribution is 7.13. The van der Waals surface area contributed by atoms with Gasteiger partial charge in [-0.15, -0.1) is 11.3 Å². The number of thiazole rings is 1. The third-order valence-corrected chi connectivity index (χ3v) is 12.7. The van der Waals surface area contributed by atoms with Crippen molar-refractivity contribution in [2.75, 3.05) is 57.1 Å². The first-order valence-corrected chi connectivity index (χ1v) is 22.8. The zero-order valence-electron chi connectivity index (χ0n) is 37.3. The average Bonchev–Trinajstić information content (AvgIpc) is 3.63. The molecule has 4 aromatic heterocycles. The third kappa shape index (κ3) is 9.74. The minimum Gasteiger partial charge on any atom is -0.494 e. The third-order valence-electron chi connectivity index (χ3n) is 11.7. The van der Waals surface area contributed by atoms with Gasteiger partial charge in [-0.2, -0.15) is 5.10 Å². The van der Waals surface area contributed by atoms with Gasteiger partial charge in [-0.1, -0.05) is 19.1 Å². The van der Waals surface area contributed by atoms with E-state index < -0.39 is 17.7 Å². The lowest BCUT2D eigenvalue weighted by atomic mass is 10.1. The molecule has 342 valence electrons. The molecule has 0 unspecified atom stereocenters. The van der Waals surface area contributed by atoms with Crippen LogP contribution in [0, 0.1) is 13.8 Å². The van der Waals surface area contributed by atoms with Crippen LogP contribution in [0.4, 0.5) is 11.9 Å². The summed E-state index contributed by atoms with van der Waals surface area (Å²) in [6.07, 6.45) is 7.70. The number of fused-ring (bicyclic) bond motifs is 2. The molecular formula is C45H55N13O6S. The number of carbonyl (C=O) groups is 4. The fraction of sp³-hybridized carbons (Fsp3) is 0.422. The SMILES string of the molecule is CCc1nc(C)sc1C(=O)Nc1nc2cc(C(N)=O)cc(OC)c2n1C/C=C/Cn1c(NC(=O)c2cc(C)nn2CC)nc2cc(C(N)=O)cc(OCCCN3CCN(C4CC4)CC3)c21. The Morgan fingerprint density at radius 2 is 1.42 bits per heavy atom. The van der Waals surface area contributed by atoms with E-state index in [0.717, 1.165) is 50.2 Å². The van der Waals surface area contributed by atoms with Gasteiger partial charge in [0.25, 0.3) is 11.8 Å². The molecule has 2 aromatic carbocycles. The molecule has 0 spiro atoms. The minimum atomic E-state index is -0.656. The summed E-state index contributed by atoms with van der Waals surface area (Å²) >= 11 is 1.30. The van der Waals surface area contributed by atoms with Gasteiger partial charge in [-0.05, 0) is 76.8 Å². The topological polar surface area (TPSA) is 236 Å². The van der Waals surface area contributed by atoms with E-state index in [1.165, 1.54) is 37.4 Å². The van der Waals surface area contributed by atoms with Gasteiger partial charge in [0, 0.05) is 69.5 Å². The molecule has 2 aliphatic rings. The van der Waals surface area contributed by atoms with Crippen molar-refractivity contribution in [3.8, 4) is 11.5 Å². The smallest absolute Gasteiger partial charge is 0.276 e. The first-order chi connectivity index (χ1) is 31.3. The van der Waals surface area contributed by atoms with Crippen LogP contribution in [0.1, 0.15) is 90.4 Å². The van der Waals surface area contributed by atoms with Crippen molar-refractivity contribution in [2.45, 2.75) is 79.1 Å². The number of hydrogen-bond donors (Lipinski definition) is 4. The number of aryl methyl sites for hydroxylation is 4. The maximum absolute atomic E-state index is 13.9. The van der Waals surface area contributed by atoms with Crippen LogP contribution in [0.3, 0.4) is 0 Å². The first-order valence-electron chi connectivity index (χ1n) is 21.9. The Kier molecular flexibility index (Phi) is 13.3. The normalized spacial score (nSPS) is 14.7. The zero-order valence-corrected chi connectivity index (χ0v) is 38.2. The maximum atomic E-state index is 13.9. The molecule has 8 rings (SSSR count). The van der Waals surface area contributed by atoms with Crippen molar-refractivity contribution in [1.82, 2.24) is 43.7 Å². The summed E-state index contributed by atoms with van der Waals surface area (Å²) in [4.78, 5) is 72.1. The van der Waals surface area contributed by atoms with Gasteiger partial charge < -0.3 is 35.0 Å². The molecule has 20 heteroatoms. The van der Waals surface area contributed by atoms with Gasteiger partial charge in [0.05, 0.1) is 41.1 Å². The average molecular weight is 906 g/mol. The second kappa shape index (κ2) is 19.2. The Morgan fingerprint density at radius 3 is 1.98 bits per heavy atom. The number of rotatable bonds is 19. The van der Waals surface area contributed by atoms with Crippen LogP contribution in [-0.2, 0) is 26.1 Å². The molecule has 2 fully saturated rings. The number of hydrogen-bond acceptors (Lipinski definition) is 13. The molecule has 1 aliphatic carbocycles. The van der Waals surface area contributed by atoms with Crippen molar-refractivity contribution in [3.63, 3.8) is 0 Å². The molecular weight excluding hydrogens is 851 g/mol. The quantitative estimate of drug-likeness (QED) is 0.0637. The second-order valence-corrected chi connectivity index (χ2v) is 17.5. The number of aromatic nitrogens is 7. The molecule has 0 bridgehead atoms. The second-order valence-electron chi connectivity index (χ2n) is 16.2. The van der Waals surface area contributed by atoms with E-state index in [1.54, 1.807) is 33.5 Å². The fourth-order valence-electron chi connectivity index (χ4n) is 8.36.